The third kappa shape index (κ3) is 16.6. The smallest absolute Gasteiger partial charge is 0.305 e. The van der Waals surface area contributed by atoms with E-state index in [1.165, 1.54) is 12.8 Å². The number of hydrogen-bond acceptors (Lipinski definition) is 4. The molecule has 104 valence electrons. The van der Waals surface area contributed by atoms with Gasteiger partial charge in [-0.25, -0.2) is 0 Å². The number of esters is 1. The van der Waals surface area contributed by atoms with E-state index in [4.69, 9.17) is 9.29 Å². The van der Waals surface area contributed by atoms with Gasteiger partial charge in [0.1, 0.15) is 0 Å². The molecule has 0 aromatic carbocycles. The first-order chi connectivity index (χ1) is 7.95. The summed E-state index contributed by atoms with van der Waals surface area (Å²) in [5.41, 5.74) is 0. The van der Waals surface area contributed by atoms with Gasteiger partial charge in [0.2, 0.25) is 0 Å². The molecule has 18 heavy (non-hydrogen) atoms. The predicted octanol–water partition coefficient (Wildman–Crippen LogP) is 1.79. The van der Waals surface area contributed by atoms with Crippen LogP contribution >= 0.6 is 0 Å². The summed E-state index contributed by atoms with van der Waals surface area (Å²) in [6.45, 7) is 2.18. The fraction of sp³-hybridized carbons (Fsp3) is 0.909. The van der Waals surface area contributed by atoms with Crippen molar-refractivity contribution in [3.63, 3.8) is 0 Å². The third-order valence-electron chi connectivity index (χ3n) is 2.29. The first kappa shape index (κ1) is 20.9. The Morgan fingerprint density at radius 3 is 2.28 bits per heavy atom. The van der Waals surface area contributed by atoms with Gasteiger partial charge in [0.15, 0.2) is 0 Å². The SMILES string of the molecule is CCCCCCCC(=O)OCCCS(=O)(=O)O.[Ca]. The van der Waals surface area contributed by atoms with Crippen molar-refractivity contribution in [1.29, 1.82) is 0 Å². The summed E-state index contributed by atoms with van der Waals surface area (Å²) in [6.07, 6.45) is 5.84. The van der Waals surface area contributed by atoms with Crippen molar-refractivity contribution < 1.29 is 22.5 Å². The van der Waals surface area contributed by atoms with Gasteiger partial charge in [-0.1, -0.05) is 32.6 Å². The van der Waals surface area contributed by atoms with Crippen molar-refractivity contribution in [2.45, 2.75) is 51.9 Å². The minimum Gasteiger partial charge on any atom is -0.466 e. The monoisotopic (exact) mass is 306 g/mol. The van der Waals surface area contributed by atoms with Crippen molar-refractivity contribution in [2.24, 2.45) is 0 Å². The number of ether oxygens (including phenoxy) is 1. The van der Waals surface area contributed by atoms with Crippen LogP contribution in [0.5, 0.6) is 0 Å². The molecule has 0 aliphatic rings. The van der Waals surface area contributed by atoms with Crippen LogP contribution in [-0.4, -0.2) is 69.0 Å². The van der Waals surface area contributed by atoms with Gasteiger partial charge in [-0.3, -0.25) is 9.35 Å². The summed E-state index contributed by atoms with van der Waals surface area (Å²) >= 11 is 0. The van der Waals surface area contributed by atoms with E-state index < -0.39 is 10.1 Å². The summed E-state index contributed by atoms with van der Waals surface area (Å²) in [4.78, 5) is 11.2. The van der Waals surface area contributed by atoms with Gasteiger partial charge in [-0.2, -0.15) is 8.42 Å². The average Bonchev–Trinajstić information content (AvgIpc) is 2.23. The maximum absolute atomic E-state index is 11.2. The van der Waals surface area contributed by atoms with Crippen molar-refractivity contribution in [2.75, 3.05) is 12.4 Å². The maximum atomic E-state index is 11.2. The minimum atomic E-state index is -3.94. The van der Waals surface area contributed by atoms with Gasteiger partial charge < -0.3 is 4.74 Å². The second-order valence-electron chi connectivity index (χ2n) is 4.02. The molecule has 0 amide bonds. The van der Waals surface area contributed by atoms with E-state index in [-0.39, 0.29) is 62.5 Å². The van der Waals surface area contributed by atoms with Crippen LogP contribution in [-0.2, 0) is 19.6 Å². The average molecular weight is 306 g/mol. The molecule has 0 aliphatic carbocycles. The van der Waals surface area contributed by atoms with Gasteiger partial charge in [0.05, 0.1) is 12.4 Å². The largest absolute Gasteiger partial charge is 0.466 e. The molecule has 2 radical (unpaired) electrons. The van der Waals surface area contributed by atoms with Crippen molar-refractivity contribution in [1.82, 2.24) is 0 Å². The van der Waals surface area contributed by atoms with E-state index in [1.807, 2.05) is 0 Å². The summed E-state index contributed by atoms with van der Waals surface area (Å²) in [5.74, 6) is -0.659. The zero-order valence-corrected chi connectivity index (χ0v) is 14.1. The number of carbonyl (C=O) groups excluding carboxylic acids is 1. The topological polar surface area (TPSA) is 80.7 Å². The molecule has 0 fully saturated rings. The summed E-state index contributed by atoms with van der Waals surface area (Å²) < 4.78 is 34.0. The van der Waals surface area contributed by atoms with Crippen LogP contribution in [0.25, 0.3) is 0 Å². The molecular weight excluding hydrogens is 284 g/mol. The summed E-state index contributed by atoms with van der Waals surface area (Å²) in [6, 6.07) is 0. The Hall–Kier alpha value is 0.640. The molecule has 0 aromatic heterocycles. The molecule has 5 nitrogen and oxygen atoms in total. The number of rotatable bonds is 10. The van der Waals surface area contributed by atoms with Crippen LogP contribution in [0.2, 0.25) is 0 Å². The Balaban J connectivity index is 0. The molecule has 0 rings (SSSR count). The summed E-state index contributed by atoms with van der Waals surface area (Å²) in [7, 11) is -3.94. The van der Waals surface area contributed by atoms with Crippen LogP contribution in [0.15, 0.2) is 0 Å². The van der Waals surface area contributed by atoms with E-state index in [0.29, 0.717) is 6.42 Å². The quantitative estimate of drug-likeness (QED) is 0.288. The van der Waals surface area contributed by atoms with Crippen molar-refractivity contribution in [3.05, 3.63) is 0 Å². The van der Waals surface area contributed by atoms with Crippen LogP contribution in [0.3, 0.4) is 0 Å². The summed E-state index contributed by atoms with van der Waals surface area (Å²) in [5, 5.41) is 0. The minimum absolute atomic E-state index is 0. The second-order valence-corrected chi connectivity index (χ2v) is 5.60. The van der Waals surface area contributed by atoms with Gasteiger partial charge in [0.25, 0.3) is 10.1 Å². The molecule has 0 atom stereocenters. The molecule has 0 spiro atoms. The van der Waals surface area contributed by atoms with E-state index in [1.54, 1.807) is 0 Å². The van der Waals surface area contributed by atoms with Gasteiger partial charge >= 0.3 is 5.97 Å². The Morgan fingerprint density at radius 2 is 1.72 bits per heavy atom. The Bertz CT molecular complexity index is 303. The van der Waals surface area contributed by atoms with Crippen LogP contribution in [0.1, 0.15) is 51.9 Å². The van der Waals surface area contributed by atoms with E-state index in [2.05, 4.69) is 6.92 Å². The molecule has 0 heterocycles. The predicted molar refractivity (Wildman–Crippen MR) is 71.1 cm³/mol. The maximum Gasteiger partial charge on any atom is 0.305 e. The zero-order chi connectivity index (χ0) is 13.1. The number of unbranched alkanes of at least 4 members (excludes halogenated alkanes) is 4. The first-order valence-electron chi connectivity index (χ1n) is 6.06. The molecule has 0 aromatic rings. The van der Waals surface area contributed by atoms with Gasteiger partial charge in [-0.15, -0.1) is 0 Å². The van der Waals surface area contributed by atoms with Crippen LogP contribution in [0.4, 0.5) is 0 Å². The van der Waals surface area contributed by atoms with Gasteiger partial charge in [0, 0.05) is 44.2 Å². The Kier molecular flexibility index (Phi) is 14.7. The fourth-order valence-electron chi connectivity index (χ4n) is 1.37. The molecular formula is C11H22CaO5S. The van der Waals surface area contributed by atoms with E-state index >= 15 is 0 Å². The van der Waals surface area contributed by atoms with E-state index in [9.17, 15) is 13.2 Å². The second kappa shape index (κ2) is 12.7. The van der Waals surface area contributed by atoms with Crippen molar-refractivity contribution >= 4 is 53.8 Å². The standard InChI is InChI=1S/C11H22O5S.Ca/c1-2-3-4-5-6-8-11(12)16-9-7-10-17(13,14)15;/h2-10H2,1H3,(H,13,14,15);. The first-order valence-corrected chi connectivity index (χ1v) is 7.67. The normalized spacial score (nSPS) is 10.8. The molecule has 1 N–H and O–H groups in total. The molecule has 7 heteroatoms. The Morgan fingerprint density at radius 1 is 1.11 bits per heavy atom. The van der Waals surface area contributed by atoms with Crippen LogP contribution in [0, 0.1) is 0 Å². The van der Waals surface area contributed by atoms with Crippen molar-refractivity contribution in [3.8, 4) is 0 Å². The molecule has 0 saturated heterocycles. The number of hydrogen-bond donors (Lipinski definition) is 1. The Labute approximate surface area is 139 Å². The third-order valence-corrected chi connectivity index (χ3v) is 3.10. The molecule has 0 bridgehead atoms. The number of carbonyl (C=O) groups is 1. The van der Waals surface area contributed by atoms with Crippen LogP contribution < -0.4 is 0 Å². The van der Waals surface area contributed by atoms with E-state index in [0.717, 1.165) is 19.3 Å². The fourth-order valence-corrected chi connectivity index (χ4v) is 1.86. The van der Waals surface area contributed by atoms with Gasteiger partial charge in [-0.05, 0) is 12.8 Å². The molecule has 0 saturated carbocycles. The molecule has 0 unspecified atom stereocenters. The molecule has 0 aliphatic heterocycles. The zero-order valence-electron chi connectivity index (χ0n) is 11.1.